The van der Waals surface area contributed by atoms with Crippen molar-refractivity contribution in [1.29, 1.82) is 5.41 Å². The van der Waals surface area contributed by atoms with E-state index in [0.29, 0.717) is 22.1 Å². The molecule has 0 fully saturated rings. The number of nitrogens with one attached hydrogen (secondary N) is 1. The Hall–Kier alpha value is -2.01. The van der Waals surface area contributed by atoms with Crippen molar-refractivity contribution in [3.05, 3.63) is 65.3 Å². The Kier molecular flexibility index (Phi) is 6.63. The molecule has 23 heavy (non-hydrogen) atoms. The number of rotatable bonds is 3. The van der Waals surface area contributed by atoms with Crippen LogP contribution in [0.2, 0.25) is 5.02 Å². The van der Waals surface area contributed by atoms with Crippen LogP contribution < -0.4 is 10.5 Å². The first-order valence-corrected chi connectivity index (χ1v) is 6.68. The van der Waals surface area contributed by atoms with Crippen LogP contribution in [-0.4, -0.2) is 10.8 Å². The average molecular weight is 371 g/mol. The summed E-state index contributed by atoms with van der Waals surface area (Å²) in [7, 11) is 0. The quantitative estimate of drug-likeness (QED) is 0.513. The van der Waals surface area contributed by atoms with Gasteiger partial charge in [0.1, 0.15) is 17.3 Å². The van der Waals surface area contributed by atoms with E-state index >= 15 is 0 Å². The first-order chi connectivity index (χ1) is 10.1. The number of hydrogen-bond donors (Lipinski definition) is 2. The first-order valence-electron chi connectivity index (χ1n) is 6.30. The lowest BCUT2D eigenvalue weighted by atomic mass is 10.2. The molecule has 3 N–H and O–H groups in total. The molecule has 4 nitrogen and oxygen atoms in total. The minimum absolute atomic E-state index is 0. The molecule has 0 saturated heterocycles. The molecule has 0 aliphatic rings. The highest BCUT2D eigenvalue weighted by Gasteiger charge is 2.05. The zero-order valence-electron chi connectivity index (χ0n) is 11.8. The summed E-state index contributed by atoms with van der Waals surface area (Å²) in [5.74, 6) is 1.40. The van der Waals surface area contributed by atoms with Gasteiger partial charge in [0.2, 0.25) is 0 Å². The molecule has 3 rings (SSSR count). The smallest absolute Gasteiger partial charge is 0.138 e. The number of nitrogen functional groups attached to an aromatic ring is 1. The molecule has 7 heteroatoms. The van der Waals surface area contributed by atoms with Crippen molar-refractivity contribution in [2.75, 3.05) is 0 Å². The number of amidine groups is 1. The van der Waals surface area contributed by atoms with Crippen molar-refractivity contribution in [3.63, 3.8) is 0 Å². The standard InChI is InChI=1S/C16H12ClN3O.2ClH/c17-11-3-6-13-14(9-11)20-8-7-15(13)21-12-4-1-10(2-5-12)16(18)19;;/h1-9H,(H3,18,19);2*1H. The minimum Gasteiger partial charge on any atom is -0.457 e. The van der Waals surface area contributed by atoms with Crippen LogP contribution in [0.15, 0.2) is 54.7 Å². The lowest BCUT2D eigenvalue weighted by Crippen LogP contribution is -2.10. The third-order valence-electron chi connectivity index (χ3n) is 3.06. The maximum absolute atomic E-state index is 7.37. The average Bonchev–Trinajstić information content (AvgIpc) is 2.47. The van der Waals surface area contributed by atoms with Crippen LogP contribution in [0.3, 0.4) is 0 Å². The molecule has 0 amide bonds. The Morgan fingerprint density at radius 1 is 1.04 bits per heavy atom. The molecule has 0 spiro atoms. The van der Waals surface area contributed by atoms with E-state index in [1.54, 1.807) is 48.7 Å². The van der Waals surface area contributed by atoms with Crippen LogP contribution >= 0.6 is 36.4 Å². The van der Waals surface area contributed by atoms with Gasteiger partial charge in [0.15, 0.2) is 0 Å². The highest BCUT2D eigenvalue weighted by molar-refractivity contribution is 6.31. The van der Waals surface area contributed by atoms with Crippen LogP contribution in [0.5, 0.6) is 11.5 Å². The second-order valence-corrected chi connectivity index (χ2v) is 4.95. The molecule has 0 unspecified atom stereocenters. The van der Waals surface area contributed by atoms with E-state index < -0.39 is 0 Å². The topological polar surface area (TPSA) is 72.0 Å². The van der Waals surface area contributed by atoms with Crippen LogP contribution in [0.1, 0.15) is 5.56 Å². The fraction of sp³-hybridized carbons (Fsp3) is 0. The third kappa shape index (κ3) is 4.26. The number of pyridine rings is 1. The van der Waals surface area contributed by atoms with Crippen molar-refractivity contribution in [2.45, 2.75) is 0 Å². The molecule has 0 atom stereocenters. The third-order valence-corrected chi connectivity index (χ3v) is 3.29. The van der Waals surface area contributed by atoms with Crippen LogP contribution in [0.4, 0.5) is 0 Å². The van der Waals surface area contributed by atoms with Crippen LogP contribution in [-0.2, 0) is 0 Å². The second kappa shape index (κ2) is 8.02. The summed E-state index contributed by atoms with van der Waals surface area (Å²) in [6.45, 7) is 0. The number of benzene rings is 2. The summed E-state index contributed by atoms with van der Waals surface area (Å²) in [4.78, 5) is 4.27. The Morgan fingerprint density at radius 2 is 1.74 bits per heavy atom. The fourth-order valence-corrected chi connectivity index (χ4v) is 2.18. The molecule has 0 aliphatic heterocycles. The molecule has 0 radical (unpaired) electrons. The molecule has 0 bridgehead atoms. The van der Waals surface area contributed by atoms with Gasteiger partial charge < -0.3 is 10.5 Å². The predicted molar refractivity (Wildman–Crippen MR) is 98.8 cm³/mol. The Balaban J connectivity index is 0.00000132. The molecular weight excluding hydrogens is 357 g/mol. The Labute approximate surface area is 151 Å². The number of aromatic nitrogens is 1. The van der Waals surface area contributed by atoms with E-state index in [2.05, 4.69) is 4.98 Å². The summed E-state index contributed by atoms with van der Waals surface area (Å²) >= 11 is 5.97. The Bertz CT molecular complexity index is 822. The monoisotopic (exact) mass is 369 g/mol. The van der Waals surface area contributed by atoms with Gasteiger partial charge in [-0.25, -0.2) is 0 Å². The van der Waals surface area contributed by atoms with Gasteiger partial charge >= 0.3 is 0 Å². The van der Waals surface area contributed by atoms with E-state index in [4.69, 9.17) is 27.5 Å². The van der Waals surface area contributed by atoms with Gasteiger partial charge in [-0.2, -0.15) is 0 Å². The number of hydrogen-bond acceptors (Lipinski definition) is 3. The zero-order chi connectivity index (χ0) is 14.8. The number of nitrogens with zero attached hydrogens (tertiary/aromatic N) is 1. The SMILES string of the molecule is Cl.Cl.N=C(N)c1ccc(Oc2ccnc3cc(Cl)ccc23)cc1. The normalized spacial score (nSPS) is 9.61. The zero-order valence-corrected chi connectivity index (χ0v) is 14.2. The van der Waals surface area contributed by atoms with Crippen molar-refractivity contribution in [3.8, 4) is 11.5 Å². The summed E-state index contributed by atoms with van der Waals surface area (Å²) in [6.07, 6.45) is 1.68. The van der Waals surface area contributed by atoms with Gasteiger partial charge in [0, 0.05) is 22.2 Å². The number of ether oxygens (including phenoxy) is 1. The fourth-order valence-electron chi connectivity index (χ4n) is 2.01. The van der Waals surface area contributed by atoms with Gasteiger partial charge in [-0.1, -0.05) is 11.6 Å². The summed E-state index contributed by atoms with van der Waals surface area (Å²) in [5.41, 5.74) is 6.87. The second-order valence-electron chi connectivity index (χ2n) is 4.51. The van der Waals surface area contributed by atoms with E-state index in [0.717, 1.165) is 10.9 Å². The number of nitrogens with two attached hydrogens (primary N) is 1. The first kappa shape index (κ1) is 19.0. The van der Waals surface area contributed by atoms with Gasteiger partial charge in [-0.15, -0.1) is 24.8 Å². The lowest BCUT2D eigenvalue weighted by molar-refractivity contribution is 0.488. The summed E-state index contributed by atoms with van der Waals surface area (Å²) < 4.78 is 5.87. The summed E-state index contributed by atoms with van der Waals surface area (Å²) in [6, 6.07) is 14.3. The molecule has 1 aromatic heterocycles. The molecule has 120 valence electrons. The minimum atomic E-state index is 0. The Morgan fingerprint density at radius 3 is 2.39 bits per heavy atom. The van der Waals surface area contributed by atoms with Crippen molar-refractivity contribution >= 4 is 53.2 Å². The summed E-state index contributed by atoms with van der Waals surface area (Å²) in [5, 5.41) is 8.89. The van der Waals surface area contributed by atoms with Gasteiger partial charge in [0.25, 0.3) is 0 Å². The van der Waals surface area contributed by atoms with Crippen molar-refractivity contribution < 1.29 is 4.74 Å². The van der Waals surface area contributed by atoms with E-state index in [1.165, 1.54) is 0 Å². The van der Waals surface area contributed by atoms with Gasteiger partial charge in [0.05, 0.1) is 5.52 Å². The molecule has 3 aromatic rings. The molecule has 0 saturated carbocycles. The van der Waals surface area contributed by atoms with E-state index in [1.807, 2.05) is 6.07 Å². The lowest BCUT2D eigenvalue weighted by Gasteiger charge is -2.09. The van der Waals surface area contributed by atoms with Crippen molar-refractivity contribution in [2.24, 2.45) is 5.73 Å². The van der Waals surface area contributed by atoms with Crippen LogP contribution in [0.25, 0.3) is 10.9 Å². The maximum Gasteiger partial charge on any atom is 0.138 e. The van der Waals surface area contributed by atoms with E-state index in [-0.39, 0.29) is 30.6 Å². The largest absolute Gasteiger partial charge is 0.457 e. The molecule has 2 aromatic carbocycles. The number of halogens is 3. The van der Waals surface area contributed by atoms with Gasteiger partial charge in [-0.05, 0) is 48.5 Å². The maximum atomic E-state index is 7.37. The van der Waals surface area contributed by atoms with Gasteiger partial charge in [-0.3, -0.25) is 10.4 Å². The predicted octanol–water partition coefficient (Wildman–Crippen LogP) is 4.81. The number of fused-ring (bicyclic) bond motifs is 1. The molecule has 0 aliphatic carbocycles. The highest BCUT2D eigenvalue weighted by Crippen LogP contribution is 2.30. The molecular formula is C16H14Cl3N3O. The van der Waals surface area contributed by atoms with Crippen LogP contribution in [0, 0.1) is 5.41 Å². The molecule has 1 heterocycles. The van der Waals surface area contributed by atoms with Crippen molar-refractivity contribution in [1.82, 2.24) is 4.98 Å². The van der Waals surface area contributed by atoms with E-state index in [9.17, 15) is 0 Å². The highest BCUT2D eigenvalue weighted by atomic mass is 35.5.